The maximum absolute atomic E-state index is 10.8. The van der Waals surface area contributed by atoms with Crippen molar-refractivity contribution in [2.45, 2.75) is 19.8 Å². The molecule has 1 aromatic rings. The molecule has 1 aromatic carbocycles. The quantitative estimate of drug-likeness (QED) is 0.702. The van der Waals surface area contributed by atoms with Crippen molar-refractivity contribution in [1.82, 2.24) is 0 Å². The second kappa shape index (κ2) is 6.61. The summed E-state index contributed by atoms with van der Waals surface area (Å²) in [4.78, 5) is 0. The summed E-state index contributed by atoms with van der Waals surface area (Å²) >= 11 is 0. The topological polar surface area (TPSA) is 52.6 Å². The fraction of sp³-hybridized carbons (Fsp3) is 0.500. The van der Waals surface area contributed by atoms with Crippen molar-refractivity contribution in [1.29, 1.82) is 0 Å². The van der Waals surface area contributed by atoms with Gasteiger partial charge in [0, 0.05) is 6.42 Å². The van der Waals surface area contributed by atoms with Crippen molar-refractivity contribution >= 4 is 10.1 Å². The van der Waals surface area contributed by atoms with Crippen LogP contribution < -0.4 is 4.74 Å². The summed E-state index contributed by atoms with van der Waals surface area (Å²) in [6.45, 7) is 2.84. The molecule has 0 amide bonds. The molecule has 0 atom stereocenters. The summed E-state index contributed by atoms with van der Waals surface area (Å²) in [5.74, 6) is 0.798. The van der Waals surface area contributed by atoms with Crippen molar-refractivity contribution in [2.75, 3.05) is 19.5 Å². The van der Waals surface area contributed by atoms with Crippen molar-refractivity contribution in [3.05, 3.63) is 29.8 Å². The van der Waals surface area contributed by atoms with Crippen LogP contribution in [0.4, 0.5) is 0 Å². The lowest BCUT2D eigenvalue weighted by Gasteiger charge is -2.10. The van der Waals surface area contributed by atoms with Gasteiger partial charge in [0.1, 0.15) is 5.75 Å². The number of benzene rings is 1. The van der Waals surface area contributed by atoms with E-state index in [0.29, 0.717) is 13.0 Å². The molecule has 0 fully saturated rings. The molecule has 4 nitrogen and oxygen atoms in total. The van der Waals surface area contributed by atoms with Crippen molar-refractivity contribution in [3.8, 4) is 5.75 Å². The average molecular weight is 258 g/mol. The molecule has 0 aliphatic heterocycles. The summed E-state index contributed by atoms with van der Waals surface area (Å²) in [6.07, 6.45) is 2.51. The first-order chi connectivity index (χ1) is 8.03. The summed E-state index contributed by atoms with van der Waals surface area (Å²) in [5.41, 5.74) is 0.963. The molecule has 0 heterocycles. The van der Waals surface area contributed by atoms with Gasteiger partial charge in [0.25, 0.3) is 10.1 Å². The summed E-state index contributed by atoms with van der Waals surface area (Å²) in [6, 6.07) is 7.59. The second-order valence-electron chi connectivity index (χ2n) is 3.73. The molecule has 17 heavy (non-hydrogen) atoms. The van der Waals surface area contributed by atoms with Gasteiger partial charge < -0.3 is 4.74 Å². The van der Waals surface area contributed by atoms with Crippen LogP contribution in [0, 0.1) is 0 Å². The Morgan fingerprint density at radius 3 is 2.53 bits per heavy atom. The number of ether oxygens (including phenoxy) is 1. The average Bonchev–Trinajstić information content (AvgIpc) is 2.26. The first-order valence-electron chi connectivity index (χ1n) is 5.58. The van der Waals surface area contributed by atoms with Gasteiger partial charge >= 0.3 is 0 Å². The second-order valence-corrected chi connectivity index (χ2v) is 5.38. The Labute approximate surface area is 103 Å². The van der Waals surface area contributed by atoms with Gasteiger partial charge in [-0.05, 0) is 18.1 Å². The minimum atomic E-state index is -3.36. The molecule has 5 heteroatoms. The minimum absolute atomic E-state index is 0.144. The Morgan fingerprint density at radius 2 is 1.88 bits per heavy atom. The molecule has 0 bridgehead atoms. The third-order valence-corrected chi connectivity index (χ3v) is 2.70. The fourth-order valence-electron chi connectivity index (χ4n) is 1.37. The molecular formula is C12H18O4S. The van der Waals surface area contributed by atoms with E-state index < -0.39 is 10.1 Å². The molecule has 0 aromatic heterocycles. The Hall–Kier alpha value is -1.07. The van der Waals surface area contributed by atoms with Crippen LogP contribution in [0.15, 0.2) is 24.3 Å². The first-order valence-corrected chi connectivity index (χ1v) is 7.39. The van der Waals surface area contributed by atoms with E-state index >= 15 is 0 Å². The van der Waals surface area contributed by atoms with Crippen LogP contribution in [0.2, 0.25) is 0 Å². The third kappa shape index (κ3) is 5.70. The molecule has 0 spiro atoms. The number of hydrogen-bond donors (Lipinski definition) is 0. The fourth-order valence-corrected chi connectivity index (χ4v) is 1.75. The first kappa shape index (κ1) is 14.0. The van der Waals surface area contributed by atoms with Gasteiger partial charge in [0.15, 0.2) is 0 Å². The van der Waals surface area contributed by atoms with E-state index in [1.165, 1.54) is 0 Å². The maximum atomic E-state index is 10.8. The zero-order valence-corrected chi connectivity index (χ0v) is 11.0. The van der Waals surface area contributed by atoms with Gasteiger partial charge in [0.05, 0.1) is 19.5 Å². The van der Waals surface area contributed by atoms with E-state index in [2.05, 4.69) is 0 Å². The van der Waals surface area contributed by atoms with Gasteiger partial charge in [0.2, 0.25) is 0 Å². The molecule has 0 aliphatic rings. The van der Waals surface area contributed by atoms with E-state index in [1.54, 1.807) is 0 Å². The van der Waals surface area contributed by atoms with Gasteiger partial charge in [-0.2, -0.15) is 8.42 Å². The molecule has 0 radical (unpaired) electrons. The third-order valence-electron chi connectivity index (χ3n) is 2.10. The molecule has 0 N–H and O–H groups in total. The smallest absolute Gasteiger partial charge is 0.264 e. The summed E-state index contributed by atoms with van der Waals surface area (Å²) in [5, 5.41) is 0. The predicted molar refractivity (Wildman–Crippen MR) is 66.7 cm³/mol. The highest BCUT2D eigenvalue weighted by Gasteiger charge is 2.05. The maximum Gasteiger partial charge on any atom is 0.264 e. The summed E-state index contributed by atoms with van der Waals surface area (Å²) in [7, 11) is -3.36. The minimum Gasteiger partial charge on any atom is -0.493 e. The van der Waals surface area contributed by atoms with Crippen LogP contribution in [0.5, 0.6) is 5.75 Å². The SMILES string of the molecule is CCCOc1ccccc1CCOS(C)(=O)=O. The van der Waals surface area contributed by atoms with E-state index in [9.17, 15) is 8.42 Å². The van der Waals surface area contributed by atoms with Gasteiger partial charge in [-0.25, -0.2) is 0 Å². The molecule has 1 rings (SSSR count). The Bertz CT molecular complexity index is 440. The van der Waals surface area contributed by atoms with Crippen LogP contribution in [0.1, 0.15) is 18.9 Å². The van der Waals surface area contributed by atoms with Gasteiger partial charge in [-0.1, -0.05) is 25.1 Å². The van der Waals surface area contributed by atoms with Crippen LogP contribution in [0.25, 0.3) is 0 Å². The molecule has 0 saturated carbocycles. The van der Waals surface area contributed by atoms with E-state index in [-0.39, 0.29) is 6.61 Å². The standard InChI is InChI=1S/C12H18O4S/c1-3-9-15-12-7-5-4-6-11(12)8-10-16-17(2,13)14/h4-7H,3,8-10H2,1-2H3. The highest BCUT2D eigenvalue weighted by molar-refractivity contribution is 7.85. The van der Waals surface area contributed by atoms with Gasteiger partial charge in [-0.3, -0.25) is 4.18 Å². The summed E-state index contributed by atoms with van der Waals surface area (Å²) < 4.78 is 31.9. The lowest BCUT2D eigenvalue weighted by Crippen LogP contribution is -2.07. The van der Waals surface area contributed by atoms with E-state index in [4.69, 9.17) is 8.92 Å². The Morgan fingerprint density at radius 1 is 1.18 bits per heavy atom. The predicted octanol–water partition coefficient (Wildman–Crippen LogP) is 1.99. The molecular weight excluding hydrogens is 240 g/mol. The van der Waals surface area contributed by atoms with Crippen molar-refractivity contribution in [3.63, 3.8) is 0 Å². The van der Waals surface area contributed by atoms with Gasteiger partial charge in [-0.15, -0.1) is 0 Å². The molecule has 0 aliphatic carbocycles. The number of para-hydroxylation sites is 1. The monoisotopic (exact) mass is 258 g/mol. The lowest BCUT2D eigenvalue weighted by atomic mass is 10.1. The van der Waals surface area contributed by atoms with Crippen molar-refractivity contribution in [2.24, 2.45) is 0 Å². The Kier molecular flexibility index (Phi) is 5.44. The van der Waals surface area contributed by atoms with Crippen LogP contribution in [-0.4, -0.2) is 27.9 Å². The zero-order chi connectivity index (χ0) is 12.7. The normalized spacial score (nSPS) is 11.4. The highest BCUT2D eigenvalue weighted by atomic mass is 32.2. The number of hydrogen-bond acceptors (Lipinski definition) is 4. The Balaban J connectivity index is 2.57. The van der Waals surface area contributed by atoms with E-state index in [0.717, 1.165) is 24.0 Å². The molecule has 0 saturated heterocycles. The van der Waals surface area contributed by atoms with Crippen LogP contribution >= 0.6 is 0 Å². The van der Waals surface area contributed by atoms with E-state index in [1.807, 2.05) is 31.2 Å². The van der Waals surface area contributed by atoms with Crippen molar-refractivity contribution < 1.29 is 17.3 Å². The lowest BCUT2D eigenvalue weighted by molar-refractivity contribution is 0.303. The molecule has 96 valence electrons. The highest BCUT2D eigenvalue weighted by Crippen LogP contribution is 2.18. The largest absolute Gasteiger partial charge is 0.493 e. The zero-order valence-electron chi connectivity index (χ0n) is 10.2. The van der Waals surface area contributed by atoms with Crippen LogP contribution in [0.3, 0.4) is 0 Å². The number of rotatable bonds is 7. The van der Waals surface area contributed by atoms with Crippen LogP contribution in [-0.2, 0) is 20.7 Å². The molecule has 0 unspecified atom stereocenters.